The Hall–Kier alpha value is -3.36. The van der Waals surface area contributed by atoms with Crippen LogP contribution in [0.3, 0.4) is 0 Å². The van der Waals surface area contributed by atoms with Gasteiger partial charge in [-0.1, -0.05) is 18.7 Å². The summed E-state index contributed by atoms with van der Waals surface area (Å²) in [5.74, 6) is -2.03. The van der Waals surface area contributed by atoms with Gasteiger partial charge in [-0.05, 0) is 24.3 Å². The molecule has 0 saturated carbocycles. The van der Waals surface area contributed by atoms with Gasteiger partial charge in [0.1, 0.15) is 0 Å². The summed E-state index contributed by atoms with van der Waals surface area (Å²) in [4.78, 5) is 23.9. The number of hydrogen-bond acceptors (Lipinski definition) is 4. The quantitative estimate of drug-likeness (QED) is 0.555. The highest BCUT2D eigenvalue weighted by Crippen LogP contribution is 2.32. The Kier molecular flexibility index (Phi) is 4.85. The third kappa shape index (κ3) is 4.08. The standard InChI is InChI=1S/C18H12F4N4O/c1-10(19)17(27)24-9-14-25-15(13-3-2-8-23-16(13)26-14)11-4-6-12(7-5-11)18(20,21)22/h2-8H,1,9H2,(H,24,27). The van der Waals surface area contributed by atoms with Gasteiger partial charge in [0.25, 0.3) is 5.91 Å². The van der Waals surface area contributed by atoms with Gasteiger partial charge >= 0.3 is 6.18 Å². The lowest BCUT2D eigenvalue weighted by molar-refractivity contribution is -0.137. The average molecular weight is 376 g/mol. The second kappa shape index (κ2) is 7.10. The number of aromatic nitrogens is 3. The number of nitrogens with one attached hydrogen (secondary N) is 1. The number of halogens is 4. The van der Waals surface area contributed by atoms with E-state index in [1.54, 1.807) is 12.1 Å². The minimum atomic E-state index is -4.45. The Balaban J connectivity index is 2.03. The molecule has 0 fully saturated rings. The van der Waals surface area contributed by atoms with Gasteiger partial charge in [0, 0.05) is 17.1 Å². The summed E-state index contributed by atoms with van der Waals surface area (Å²) in [6.07, 6.45) is -2.95. The van der Waals surface area contributed by atoms with E-state index in [0.29, 0.717) is 22.3 Å². The Bertz CT molecular complexity index is 1020. The molecule has 9 heteroatoms. The van der Waals surface area contributed by atoms with E-state index in [0.717, 1.165) is 12.1 Å². The number of alkyl halides is 3. The monoisotopic (exact) mass is 376 g/mol. The molecule has 0 radical (unpaired) electrons. The van der Waals surface area contributed by atoms with Crippen molar-refractivity contribution in [1.82, 2.24) is 20.3 Å². The van der Waals surface area contributed by atoms with Crippen LogP contribution in [0.2, 0.25) is 0 Å². The molecule has 0 bridgehead atoms. The largest absolute Gasteiger partial charge is 0.416 e. The van der Waals surface area contributed by atoms with E-state index in [1.165, 1.54) is 18.3 Å². The van der Waals surface area contributed by atoms with Crippen LogP contribution in [0.15, 0.2) is 55.0 Å². The number of fused-ring (bicyclic) bond motifs is 1. The van der Waals surface area contributed by atoms with Crippen LogP contribution < -0.4 is 5.32 Å². The molecule has 27 heavy (non-hydrogen) atoms. The van der Waals surface area contributed by atoms with Crippen LogP contribution in [0.25, 0.3) is 22.3 Å². The summed E-state index contributed by atoms with van der Waals surface area (Å²) in [7, 11) is 0. The van der Waals surface area contributed by atoms with Crippen molar-refractivity contribution in [2.75, 3.05) is 0 Å². The molecule has 0 atom stereocenters. The van der Waals surface area contributed by atoms with Gasteiger partial charge in [-0.15, -0.1) is 0 Å². The van der Waals surface area contributed by atoms with E-state index >= 15 is 0 Å². The molecule has 3 aromatic rings. The number of carbonyl (C=O) groups excluding carboxylic acids is 1. The minimum absolute atomic E-state index is 0.130. The maximum absolute atomic E-state index is 12.8. The van der Waals surface area contributed by atoms with Crippen molar-refractivity contribution in [1.29, 1.82) is 0 Å². The first-order valence-corrected chi connectivity index (χ1v) is 7.67. The Labute approximate surface area is 150 Å². The molecule has 3 rings (SSSR count). The van der Waals surface area contributed by atoms with Crippen molar-refractivity contribution in [2.24, 2.45) is 0 Å². The van der Waals surface area contributed by atoms with E-state index in [4.69, 9.17) is 0 Å². The summed E-state index contributed by atoms with van der Waals surface area (Å²) < 4.78 is 51.1. The van der Waals surface area contributed by atoms with Crippen LogP contribution in [-0.2, 0) is 17.5 Å². The van der Waals surface area contributed by atoms with Crippen molar-refractivity contribution in [3.05, 3.63) is 66.4 Å². The van der Waals surface area contributed by atoms with Gasteiger partial charge in [-0.25, -0.2) is 19.3 Å². The van der Waals surface area contributed by atoms with Crippen LogP contribution in [-0.4, -0.2) is 20.9 Å². The summed E-state index contributed by atoms with van der Waals surface area (Å²) >= 11 is 0. The van der Waals surface area contributed by atoms with Crippen molar-refractivity contribution in [2.45, 2.75) is 12.7 Å². The lowest BCUT2D eigenvalue weighted by Gasteiger charge is -2.10. The SMILES string of the molecule is C=C(F)C(=O)NCc1nc(-c2ccc(C(F)(F)F)cc2)c2cccnc2n1. The molecule has 2 heterocycles. The average Bonchev–Trinajstić information content (AvgIpc) is 2.64. The number of amides is 1. The first-order valence-electron chi connectivity index (χ1n) is 7.67. The molecular formula is C18H12F4N4O. The number of hydrogen-bond donors (Lipinski definition) is 1. The molecule has 0 aliphatic carbocycles. The fraction of sp³-hybridized carbons (Fsp3) is 0.111. The molecule has 5 nitrogen and oxygen atoms in total. The fourth-order valence-electron chi connectivity index (χ4n) is 2.38. The Morgan fingerprint density at radius 1 is 1.11 bits per heavy atom. The van der Waals surface area contributed by atoms with Gasteiger partial charge in [-0.2, -0.15) is 13.2 Å². The lowest BCUT2D eigenvalue weighted by atomic mass is 10.1. The number of pyridine rings is 1. The number of carbonyl (C=O) groups is 1. The van der Waals surface area contributed by atoms with E-state index in [1.807, 2.05) is 0 Å². The van der Waals surface area contributed by atoms with Gasteiger partial charge in [0.2, 0.25) is 0 Å². The highest BCUT2D eigenvalue weighted by atomic mass is 19.4. The molecule has 1 N–H and O–H groups in total. The predicted octanol–water partition coefficient (Wildman–Crippen LogP) is 3.81. The van der Waals surface area contributed by atoms with E-state index < -0.39 is 23.5 Å². The molecule has 0 saturated heterocycles. The number of benzene rings is 1. The lowest BCUT2D eigenvalue weighted by Crippen LogP contribution is -2.24. The maximum atomic E-state index is 12.8. The molecule has 1 amide bonds. The second-order valence-electron chi connectivity index (χ2n) is 5.53. The molecule has 1 aromatic carbocycles. The van der Waals surface area contributed by atoms with Gasteiger partial charge < -0.3 is 5.32 Å². The minimum Gasteiger partial charge on any atom is -0.343 e. The third-order valence-electron chi connectivity index (χ3n) is 3.66. The number of nitrogens with zero attached hydrogens (tertiary/aromatic N) is 3. The molecule has 0 unspecified atom stereocenters. The van der Waals surface area contributed by atoms with Crippen molar-refractivity contribution < 1.29 is 22.4 Å². The van der Waals surface area contributed by atoms with Crippen LogP contribution in [0.1, 0.15) is 11.4 Å². The van der Waals surface area contributed by atoms with Crippen LogP contribution in [0.4, 0.5) is 17.6 Å². The van der Waals surface area contributed by atoms with Crippen molar-refractivity contribution in [3.63, 3.8) is 0 Å². The zero-order valence-electron chi connectivity index (χ0n) is 13.7. The summed E-state index contributed by atoms with van der Waals surface area (Å²) in [6.45, 7) is 2.69. The summed E-state index contributed by atoms with van der Waals surface area (Å²) in [5, 5.41) is 2.79. The molecule has 2 aromatic heterocycles. The smallest absolute Gasteiger partial charge is 0.343 e. The first-order chi connectivity index (χ1) is 12.8. The normalized spacial score (nSPS) is 11.4. The van der Waals surface area contributed by atoms with E-state index in [2.05, 4.69) is 26.8 Å². The third-order valence-corrected chi connectivity index (χ3v) is 3.66. The van der Waals surface area contributed by atoms with Gasteiger partial charge in [0.15, 0.2) is 17.3 Å². The predicted molar refractivity (Wildman–Crippen MR) is 89.9 cm³/mol. The fourth-order valence-corrected chi connectivity index (χ4v) is 2.38. The highest BCUT2D eigenvalue weighted by molar-refractivity contribution is 5.91. The zero-order valence-corrected chi connectivity index (χ0v) is 13.7. The van der Waals surface area contributed by atoms with Crippen molar-refractivity contribution in [3.8, 4) is 11.3 Å². The Morgan fingerprint density at radius 2 is 1.81 bits per heavy atom. The number of rotatable bonds is 4. The van der Waals surface area contributed by atoms with E-state index in [9.17, 15) is 22.4 Å². The van der Waals surface area contributed by atoms with Gasteiger partial charge in [-0.3, -0.25) is 4.79 Å². The molecule has 0 aliphatic heterocycles. The van der Waals surface area contributed by atoms with Crippen molar-refractivity contribution >= 4 is 16.9 Å². The molecular weight excluding hydrogens is 364 g/mol. The van der Waals surface area contributed by atoms with Crippen LogP contribution >= 0.6 is 0 Å². The van der Waals surface area contributed by atoms with E-state index in [-0.39, 0.29) is 12.4 Å². The maximum Gasteiger partial charge on any atom is 0.416 e. The molecule has 0 aliphatic rings. The topological polar surface area (TPSA) is 67.8 Å². The summed E-state index contributed by atoms with van der Waals surface area (Å²) in [5.41, 5.74) is 0.290. The van der Waals surface area contributed by atoms with Crippen LogP contribution in [0.5, 0.6) is 0 Å². The second-order valence-corrected chi connectivity index (χ2v) is 5.53. The van der Waals surface area contributed by atoms with Gasteiger partial charge in [0.05, 0.1) is 17.8 Å². The Morgan fingerprint density at radius 3 is 2.44 bits per heavy atom. The van der Waals surface area contributed by atoms with Crippen LogP contribution in [0, 0.1) is 0 Å². The summed E-state index contributed by atoms with van der Waals surface area (Å²) in [6, 6.07) is 7.82. The molecule has 138 valence electrons. The molecule has 0 spiro atoms. The highest BCUT2D eigenvalue weighted by Gasteiger charge is 2.30. The zero-order chi connectivity index (χ0) is 19.6. The first kappa shape index (κ1) is 18.4.